The van der Waals surface area contributed by atoms with Gasteiger partial charge in [0.15, 0.2) is 5.78 Å². The number of carbonyl (C=O) groups excluding carboxylic acids is 2. The Labute approximate surface area is 135 Å². The van der Waals surface area contributed by atoms with E-state index in [2.05, 4.69) is 12.2 Å². The third-order valence-electron chi connectivity index (χ3n) is 4.06. The molecule has 3 rings (SSSR count). The molecule has 1 aromatic heterocycles. The minimum absolute atomic E-state index is 0.0333. The van der Waals surface area contributed by atoms with Crippen LogP contribution in [0.3, 0.4) is 0 Å². The van der Waals surface area contributed by atoms with E-state index in [0.717, 1.165) is 5.76 Å². The summed E-state index contributed by atoms with van der Waals surface area (Å²) in [5.41, 5.74) is 1.17. The number of ketones is 1. The van der Waals surface area contributed by atoms with Crippen LogP contribution in [0.25, 0.3) is 6.08 Å². The average molecular weight is 309 g/mol. The van der Waals surface area contributed by atoms with Gasteiger partial charge in [-0.2, -0.15) is 0 Å². The zero-order valence-corrected chi connectivity index (χ0v) is 13.2. The number of amides is 1. The molecule has 1 N–H and O–H groups in total. The van der Waals surface area contributed by atoms with Gasteiger partial charge in [-0.25, -0.2) is 0 Å². The molecule has 1 fully saturated rings. The summed E-state index contributed by atoms with van der Waals surface area (Å²) < 4.78 is 5.72. The second kappa shape index (κ2) is 6.24. The minimum atomic E-state index is -0.261. The SMILES string of the molecule is CC(=O)c1cccc(NC(=O)/C=C/c2ccc([C@@H]3C[C@@H]3C)o2)c1. The molecular formula is C19H19NO3. The molecule has 2 atom stereocenters. The van der Waals surface area contributed by atoms with Crippen molar-refractivity contribution in [2.75, 3.05) is 5.32 Å². The lowest BCUT2D eigenvalue weighted by Gasteiger charge is -2.03. The second-order valence-electron chi connectivity index (χ2n) is 6.02. The topological polar surface area (TPSA) is 59.3 Å². The highest BCUT2D eigenvalue weighted by Crippen LogP contribution is 2.47. The van der Waals surface area contributed by atoms with Gasteiger partial charge < -0.3 is 9.73 Å². The Bertz CT molecular complexity index is 772. The van der Waals surface area contributed by atoms with Crippen molar-refractivity contribution >= 4 is 23.5 Å². The van der Waals surface area contributed by atoms with Crippen LogP contribution in [0.4, 0.5) is 5.69 Å². The number of anilines is 1. The van der Waals surface area contributed by atoms with E-state index in [1.165, 1.54) is 19.4 Å². The Kier molecular flexibility index (Phi) is 4.15. The van der Waals surface area contributed by atoms with E-state index in [1.807, 2.05) is 12.1 Å². The van der Waals surface area contributed by atoms with Gasteiger partial charge in [-0.3, -0.25) is 9.59 Å². The van der Waals surface area contributed by atoms with Crippen LogP contribution in [0.15, 0.2) is 46.9 Å². The molecule has 0 unspecified atom stereocenters. The maximum Gasteiger partial charge on any atom is 0.248 e. The second-order valence-corrected chi connectivity index (χ2v) is 6.02. The van der Waals surface area contributed by atoms with Crippen LogP contribution in [-0.2, 0) is 4.79 Å². The lowest BCUT2D eigenvalue weighted by Crippen LogP contribution is -2.08. The molecule has 4 heteroatoms. The molecule has 1 aromatic carbocycles. The number of furan rings is 1. The summed E-state index contributed by atoms with van der Waals surface area (Å²) in [6, 6.07) is 10.7. The van der Waals surface area contributed by atoms with Gasteiger partial charge in [0.2, 0.25) is 5.91 Å². The lowest BCUT2D eigenvalue weighted by atomic mass is 10.1. The van der Waals surface area contributed by atoms with E-state index in [1.54, 1.807) is 30.3 Å². The lowest BCUT2D eigenvalue weighted by molar-refractivity contribution is -0.111. The Morgan fingerprint density at radius 3 is 2.74 bits per heavy atom. The van der Waals surface area contributed by atoms with Crippen molar-refractivity contribution in [3.05, 3.63) is 59.6 Å². The third kappa shape index (κ3) is 3.77. The molecule has 0 saturated heterocycles. The average Bonchev–Trinajstić information content (AvgIpc) is 3.07. The molecule has 1 heterocycles. The minimum Gasteiger partial charge on any atom is -0.461 e. The first-order chi connectivity index (χ1) is 11.0. The molecule has 0 bridgehead atoms. The van der Waals surface area contributed by atoms with E-state index < -0.39 is 0 Å². The zero-order valence-electron chi connectivity index (χ0n) is 13.2. The Balaban J connectivity index is 1.61. The van der Waals surface area contributed by atoms with Gasteiger partial charge in [0.05, 0.1) is 0 Å². The van der Waals surface area contributed by atoms with Crippen molar-refractivity contribution < 1.29 is 14.0 Å². The number of benzene rings is 1. The van der Waals surface area contributed by atoms with Crippen LogP contribution in [0.5, 0.6) is 0 Å². The molecular weight excluding hydrogens is 290 g/mol. The fraction of sp³-hybridized carbons (Fsp3) is 0.263. The molecule has 1 saturated carbocycles. The van der Waals surface area contributed by atoms with Gasteiger partial charge in [-0.1, -0.05) is 19.1 Å². The molecule has 4 nitrogen and oxygen atoms in total. The molecule has 0 spiro atoms. The van der Waals surface area contributed by atoms with Gasteiger partial charge in [-0.15, -0.1) is 0 Å². The summed E-state index contributed by atoms with van der Waals surface area (Å²) in [4.78, 5) is 23.3. The Morgan fingerprint density at radius 2 is 2.04 bits per heavy atom. The van der Waals surface area contributed by atoms with Crippen molar-refractivity contribution in [3.63, 3.8) is 0 Å². The normalized spacial score (nSPS) is 19.7. The number of Topliss-reactive ketones (excluding diaryl/α,β-unsaturated/α-hetero) is 1. The summed E-state index contributed by atoms with van der Waals surface area (Å²) in [5.74, 6) is 2.59. The predicted molar refractivity (Wildman–Crippen MR) is 89.3 cm³/mol. The fourth-order valence-electron chi connectivity index (χ4n) is 2.53. The largest absolute Gasteiger partial charge is 0.461 e. The highest BCUT2D eigenvalue weighted by molar-refractivity contribution is 6.03. The molecule has 1 aliphatic rings. The highest BCUT2D eigenvalue weighted by Gasteiger charge is 2.36. The van der Waals surface area contributed by atoms with Crippen LogP contribution >= 0.6 is 0 Å². The zero-order chi connectivity index (χ0) is 16.4. The van der Waals surface area contributed by atoms with Crippen LogP contribution in [0.1, 0.15) is 48.1 Å². The van der Waals surface area contributed by atoms with Crippen LogP contribution in [-0.4, -0.2) is 11.7 Å². The van der Waals surface area contributed by atoms with Gasteiger partial charge in [0, 0.05) is 23.2 Å². The predicted octanol–water partition coefficient (Wildman–Crippen LogP) is 4.26. The quantitative estimate of drug-likeness (QED) is 0.663. The summed E-state index contributed by atoms with van der Waals surface area (Å²) >= 11 is 0. The summed E-state index contributed by atoms with van der Waals surface area (Å²) in [6.07, 6.45) is 4.25. The monoisotopic (exact) mass is 309 g/mol. The number of rotatable bonds is 5. The number of hydrogen-bond donors (Lipinski definition) is 1. The molecule has 1 amide bonds. The van der Waals surface area contributed by atoms with Crippen molar-refractivity contribution in [1.82, 2.24) is 0 Å². The first kappa shape index (κ1) is 15.3. The molecule has 118 valence electrons. The summed E-state index contributed by atoms with van der Waals surface area (Å²) in [6.45, 7) is 3.70. The summed E-state index contributed by atoms with van der Waals surface area (Å²) in [7, 11) is 0. The highest BCUT2D eigenvalue weighted by atomic mass is 16.3. The summed E-state index contributed by atoms with van der Waals surface area (Å²) in [5, 5.41) is 2.74. The molecule has 2 aromatic rings. The van der Waals surface area contributed by atoms with E-state index >= 15 is 0 Å². The van der Waals surface area contributed by atoms with Crippen LogP contribution in [0.2, 0.25) is 0 Å². The van der Waals surface area contributed by atoms with Gasteiger partial charge in [0.1, 0.15) is 11.5 Å². The van der Waals surface area contributed by atoms with Crippen LogP contribution < -0.4 is 5.32 Å². The maximum absolute atomic E-state index is 11.9. The van der Waals surface area contributed by atoms with E-state index in [4.69, 9.17) is 4.42 Å². The molecule has 0 radical (unpaired) electrons. The maximum atomic E-state index is 11.9. The van der Waals surface area contributed by atoms with Gasteiger partial charge in [-0.05, 0) is 49.6 Å². The van der Waals surface area contributed by atoms with Crippen molar-refractivity contribution in [3.8, 4) is 0 Å². The van der Waals surface area contributed by atoms with Crippen LogP contribution in [0, 0.1) is 5.92 Å². The first-order valence-electron chi connectivity index (χ1n) is 7.73. The van der Waals surface area contributed by atoms with E-state index in [-0.39, 0.29) is 11.7 Å². The third-order valence-corrected chi connectivity index (χ3v) is 4.06. The van der Waals surface area contributed by atoms with Crippen molar-refractivity contribution in [1.29, 1.82) is 0 Å². The number of carbonyl (C=O) groups is 2. The first-order valence-corrected chi connectivity index (χ1v) is 7.73. The smallest absolute Gasteiger partial charge is 0.248 e. The molecule has 1 aliphatic carbocycles. The van der Waals surface area contributed by atoms with Crippen molar-refractivity contribution in [2.24, 2.45) is 5.92 Å². The Hall–Kier alpha value is -2.62. The fourth-order valence-corrected chi connectivity index (χ4v) is 2.53. The Morgan fingerprint density at radius 1 is 1.26 bits per heavy atom. The van der Waals surface area contributed by atoms with E-state index in [9.17, 15) is 9.59 Å². The van der Waals surface area contributed by atoms with E-state index in [0.29, 0.717) is 28.8 Å². The van der Waals surface area contributed by atoms with Crippen molar-refractivity contribution in [2.45, 2.75) is 26.2 Å². The molecule has 0 aliphatic heterocycles. The van der Waals surface area contributed by atoms with Gasteiger partial charge >= 0.3 is 0 Å². The number of nitrogens with one attached hydrogen (secondary N) is 1. The number of hydrogen-bond acceptors (Lipinski definition) is 3. The van der Waals surface area contributed by atoms with Gasteiger partial charge in [0.25, 0.3) is 0 Å². The standard InChI is InChI=1S/C19H19NO3/c1-12-10-17(12)18-8-6-16(23-18)7-9-19(22)20-15-5-3-4-14(11-15)13(2)21/h3-9,11-12,17H,10H2,1-2H3,(H,20,22)/b9-7+/t12-,17+/m0/s1. The molecule has 23 heavy (non-hydrogen) atoms.